The maximum absolute atomic E-state index is 12.5. The highest BCUT2D eigenvalue weighted by Crippen LogP contribution is 2.24. The fraction of sp³-hybridized carbons (Fsp3) is 0.0625. The summed E-state index contributed by atoms with van der Waals surface area (Å²) >= 11 is 3.26. The van der Waals surface area contributed by atoms with Crippen molar-refractivity contribution in [1.29, 1.82) is 0 Å². The average Bonchev–Trinajstić information content (AvgIpc) is 2.88. The molecule has 2 aromatic carbocycles. The molecule has 0 aliphatic heterocycles. The number of sulfonamides is 1. The maximum atomic E-state index is 12.5. The lowest BCUT2D eigenvalue weighted by Crippen LogP contribution is -2.14. The van der Waals surface area contributed by atoms with Crippen molar-refractivity contribution in [3.05, 3.63) is 70.8 Å². The third kappa shape index (κ3) is 3.30. The van der Waals surface area contributed by atoms with E-state index < -0.39 is 10.0 Å². The van der Waals surface area contributed by atoms with Crippen molar-refractivity contribution in [2.24, 2.45) is 0 Å². The Bertz CT molecular complexity index is 937. The smallest absolute Gasteiger partial charge is 0.262 e. The van der Waals surface area contributed by atoms with Crippen molar-refractivity contribution in [3.63, 3.8) is 0 Å². The lowest BCUT2D eigenvalue weighted by Gasteiger charge is -2.07. The van der Waals surface area contributed by atoms with Crippen LogP contribution in [0.5, 0.6) is 0 Å². The Hall–Kier alpha value is -2.12. The van der Waals surface area contributed by atoms with Crippen LogP contribution < -0.4 is 4.72 Å². The van der Waals surface area contributed by atoms with Gasteiger partial charge in [0.2, 0.25) is 0 Å². The number of benzene rings is 2. The van der Waals surface area contributed by atoms with Gasteiger partial charge >= 0.3 is 0 Å². The summed E-state index contributed by atoms with van der Waals surface area (Å²) in [5.41, 5.74) is 1.71. The van der Waals surface area contributed by atoms with Gasteiger partial charge in [0.05, 0.1) is 5.69 Å². The highest BCUT2D eigenvalue weighted by Gasteiger charge is 2.19. The Morgan fingerprint density at radius 2 is 1.70 bits per heavy atom. The lowest BCUT2D eigenvalue weighted by atomic mass is 10.3. The minimum Gasteiger partial charge on any atom is -0.262 e. The number of hydrogen-bond acceptors (Lipinski definition) is 3. The second-order valence-electron chi connectivity index (χ2n) is 4.95. The lowest BCUT2D eigenvalue weighted by molar-refractivity contribution is 0.600. The largest absolute Gasteiger partial charge is 0.264 e. The first-order valence-electron chi connectivity index (χ1n) is 6.87. The van der Waals surface area contributed by atoms with Crippen LogP contribution in [0.15, 0.2) is 70.0 Å². The number of aromatic nitrogens is 2. The van der Waals surface area contributed by atoms with Crippen LogP contribution in [0.2, 0.25) is 0 Å². The number of nitrogens with one attached hydrogen (secondary N) is 1. The molecule has 0 aliphatic carbocycles. The first-order chi connectivity index (χ1) is 11.0. The van der Waals surface area contributed by atoms with E-state index in [1.54, 1.807) is 28.9 Å². The fourth-order valence-electron chi connectivity index (χ4n) is 2.21. The Balaban J connectivity index is 1.94. The normalized spacial score (nSPS) is 11.4. The molecule has 0 bridgehead atoms. The van der Waals surface area contributed by atoms with Crippen molar-refractivity contribution in [3.8, 4) is 5.69 Å². The zero-order valence-corrected chi connectivity index (χ0v) is 14.7. The molecule has 0 radical (unpaired) electrons. The van der Waals surface area contributed by atoms with Crippen LogP contribution in [0.1, 0.15) is 5.69 Å². The number of rotatable bonds is 4. The summed E-state index contributed by atoms with van der Waals surface area (Å²) in [5.74, 6) is 0.280. The van der Waals surface area contributed by atoms with Crippen LogP contribution in [0.4, 0.5) is 5.82 Å². The molecule has 1 heterocycles. The van der Waals surface area contributed by atoms with Gasteiger partial charge in [-0.3, -0.25) is 4.72 Å². The molecule has 1 aromatic heterocycles. The van der Waals surface area contributed by atoms with Gasteiger partial charge in [0, 0.05) is 16.2 Å². The average molecular weight is 392 g/mol. The van der Waals surface area contributed by atoms with Gasteiger partial charge in [0.25, 0.3) is 10.0 Å². The van der Waals surface area contributed by atoms with Gasteiger partial charge in [-0.2, -0.15) is 0 Å². The van der Waals surface area contributed by atoms with Crippen LogP contribution >= 0.6 is 15.9 Å². The van der Waals surface area contributed by atoms with Crippen molar-refractivity contribution in [2.75, 3.05) is 4.72 Å². The number of aryl methyl sites for hydroxylation is 1. The minimum atomic E-state index is -3.70. The molecule has 0 atom stereocenters. The molecule has 23 heavy (non-hydrogen) atoms. The summed E-state index contributed by atoms with van der Waals surface area (Å²) in [6, 6.07) is 17.9. The molecule has 1 N–H and O–H groups in total. The summed E-state index contributed by atoms with van der Waals surface area (Å²) in [6.45, 7) is 1.87. The Morgan fingerprint density at radius 3 is 2.39 bits per heavy atom. The molecule has 0 aliphatic rings. The van der Waals surface area contributed by atoms with Crippen molar-refractivity contribution in [2.45, 2.75) is 11.8 Å². The van der Waals surface area contributed by atoms with Crippen LogP contribution in [0.3, 0.4) is 0 Å². The molecule has 3 rings (SSSR count). The molecule has 0 saturated heterocycles. The standard InChI is InChI=1S/C16H14BrN3O2S/c1-12-11-16(18-20(12)13-7-3-2-4-8-13)19-23(21,22)15-10-6-5-9-14(15)17/h2-11H,1H3,(H,18,19). The van der Waals surface area contributed by atoms with E-state index in [0.29, 0.717) is 4.47 Å². The Labute approximate surface area is 143 Å². The molecular weight excluding hydrogens is 378 g/mol. The van der Waals surface area contributed by atoms with Crippen LogP contribution in [-0.2, 0) is 10.0 Å². The van der Waals surface area contributed by atoms with Crippen molar-refractivity contribution in [1.82, 2.24) is 9.78 Å². The van der Waals surface area contributed by atoms with Gasteiger partial charge in [0.15, 0.2) is 5.82 Å². The molecule has 7 heteroatoms. The van der Waals surface area contributed by atoms with E-state index in [-0.39, 0.29) is 10.7 Å². The molecule has 0 unspecified atom stereocenters. The predicted molar refractivity (Wildman–Crippen MR) is 93.3 cm³/mol. The van der Waals surface area contributed by atoms with Gasteiger partial charge in [-0.15, -0.1) is 5.10 Å². The number of nitrogens with zero attached hydrogens (tertiary/aromatic N) is 2. The highest BCUT2D eigenvalue weighted by molar-refractivity contribution is 9.10. The predicted octanol–water partition coefficient (Wildman–Crippen LogP) is 3.74. The van der Waals surface area contributed by atoms with Gasteiger partial charge < -0.3 is 0 Å². The van der Waals surface area contributed by atoms with Gasteiger partial charge in [-0.1, -0.05) is 30.3 Å². The summed E-state index contributed by atoms with van der Waals surface area (Å²) in [6.07, 6.45) is 0. The molecule has 0 amide bonds. The first-order valence-corrected chi connectivity index (χ1v) is 9.14. The molecule has 0 spiro atoms. The maximum Gasteiger partial charge on any atom is 0.264 e. The van der Waals surface area contributed by atoms with E-state index in [0.717, 1.165) is 11.4 Å². The molecule has 118 valence electrons. The third-order valence-corrected chi connectivity index (χ3v) is 5.62. The monoisotopic (exact) mass is 391 g/mol. The number of halogens is 1. The topological polar surface area (TPSA) is 64.0 Å². The molecule has 0 fully saturated rings. The SMILES string of the molecule is Cc1cc(NS(=O)(=O)c2ccccc2Br)nn1-c1ccccc1. The van der Waals surface area contributed by atoms with E-state index >= 15 is 0 Å². The van der Waals surface area contributed by atoms with Crippen molar-refractivity contribution < 1.29 is 8.42 Å². The fourth-order valence-corrected chi connectivity index (χ4v) is 4.20. The molecule has 5 nitrogen and oxygen atoms in total. The van der Waals surface area contributed by atoms with E-state index in [4.69, 9.17) is 0 Å². The van der Waals surface area contributed by atoms with Gasteiger partial charge in [-0.25, -0.2) is 13.1 Å². The van der Waals surface area contributed by atoms with E-state index in [9.17, 15) is 8.42 Å². The van der Waals surface area contributed by atoms with E-state index in [2.05, 4.69) is 25.8 Å². The van der Waals surface area contributed by atoms with E-state index in [1.807, 2.05) is 37.3 Å². The second-order valence-corrected chi connectivity index (χ2v) is 7.46. The quantitative estimate of drug-likeness (QED) is 0.736. The molecule has 3 aromatic rings. The van der Waals surface area contributed by atoms with Crippen LogP contribution in [0, 0.1) is 6.92 Å². The first kappa shape index (κ1) is 15.8. The minimum absolute atomic E-state index is 0.173. The van der Waals surface area contributed by atoms with Crippen molar-refractivity contribution >= 4 is 31.8 Å². The second kappa shape index (κ2) is 6.17. The summed E-state index contributed by atoms with van der Waals surface area (Å²) in [7, 11) is -3.70. The summed E-state index contributed by atoms with van der Waals surface area (Å²) < 4.78 is 29.7. The summed E-state index contributed by atoms with van der Waals surface area (Å²) in [4.78, 5) is 0.173. The van der Waals surface area contributed by atoms with Gasteiger partial charge in [0.1, 0.15) is 4.90 Å². The highest BCUT2D eigenvalue weighted by atomic mass is 79.9. The van der Waals surface area contributed by atoms with E-state index in [1.165, 1.54) is 6.07 Å². The Kier molecular flexibility index (Phi) is 4.23. The zero-order chi connectivity index (χ0) is 16.4. The summed E-state index contributed by atoms with van der Waals surface area (Å²) in [5, 5.41) is 4.33. The molecule has 0 saturated carbocycles. The molecular formula is C16H14BrN3O2S. The Morgan fingerprint density at radius 1 is 1.04 bits per heavy atom. The third-order valence-electron chi connectivity index (χ3n) is 3.25. The van der Waals surface area contributed by atoms with Crippen LogP contribution in [-0.4, -0.2) is 18.2 Å². The van der Waals surface area contributed by atoms with Crippen LogP contribution in [0.25, 0.3) is 5.69 Å². The number of anilines is 1. The zero-order valence-electron chi connectivity index (χ0n) is 12.3. The number of para-hydroxylation sites is 1. The van der Waals surface area contributed by atoms with Gasteiger partial charge in [-0.05, 0) is 47.1 Å². The number of hydrogen-bond donors (Lipinski definition) is 1.